The standard InChI is InChI=1S/C21H32N4O5/c1-14(2)19(15(3)26)25(4)21(29)30-13-16-8-10-17(11-9-16)24-18(27)7-5-6-12-23-20(22)28/h8-11,14,19H,5-7,12-13H2,1-4H3,(H,24,27)(H3,22,23,28). The number of benzene rings is 1. The van der Waals surface area contributed by atoms with E-state index in [4.69, 9.17) is 10.5 Å². The van der Waals surface area contributed by atoms with E-state index in [9.17, 15) is 19.2 Å². The molecule has 0 heterocycles. The summed E-state index contributed by atoms with van der Waals surface area (Å²) in [6.07, 6.45) is 1.06. The van der Waals surface area contributed by atoms with Crippen molar-refractivity contribution in [3.63, 3.8) is 0 Å². The third-order valence-electron chi connectivity index (χ3n) is 4.48. The van der Waals surface area contributed by atoms with Gasteiger partial charge in [-0.3, -0.25) is 9.59 Å². The van der Waals surface area contributed by atoms with Crippen molar-refractivity contribution in [1.82, 2.24) is 10.2 Å². The lowest BCUT2D eigenvalue weighted by Crippen LogP contribution is -2.45. The van der Waals surface area contributed by atoms with Crippen molar-refractivity contribution in [3.8, 4) is 0 Å². The summed E-state index contributed by atoms with van der Waals surface area (Å²) >= 11 is 0. The Morgan fingerprint density at radius 3 is 2.27 bits per heavy atom. The second-order valence-corrected chi connectivity index (χ2v) is 7.46. The molecule has 0 radical (unpaired) electrons. The molecule has 1 aromatic carbocycles. The van der Waals surface area contributed by atoms with Gasteiger partial charge in [0.05, 0.1) is 6.04 Å². The van der Waals surface area contributed by atoms with E-state index in [0.29, 0.717) is 31.5 Å². The molecule has 4 N–H and O–H groups in total. The van der Waals surface area contributed by atoms with Gasteiger partial charge in [0.1, 0.15) is 6.61 Å². The number of carbonyl (C=O) groups is 4. The lowest BCUT2D eigenvalue weighted by Gasteiger charge is -2.28. The number of nitrogens with one attached hydrogen (secondary N) is 2. The second-order valence-electron chi connectivity index (χ2n) is 7.46. The molecular formula is C21H32N4O5. The number of ketones is 1. The summed E-state index contributed by atoms with van der Waals surface area (Å²) in [5.74, 6) is -0.227. The van der Waals surface area contributed by atoms with Crippen LogP contribution in [0, 0.1) is 5.92 Å². The molecule has 0 saturated carbocycles. The van der Waals surface area contributed by atoms with Gasteiger partial charge in [0.25, 0.3) is 0 Å². The SMILES string of the molecule is CC(=O)C(C(C)C)N(C)C(=O)OCc1ccc(NC(=O)CCCCNC(N)=O)cc1. The zero-order valence-electron chi connectivity index (χ0n) is 18.1. The number of carbonyl (C=O) groups excluding carboxylic acids is 4. The first-order chi connectivity index (χ1) is 14.1. The van der Waals surface area contributed by atoms with E-state index in [-0.39, 0.29) is 24.2 Å². The zero-order valence-corrected chi connectivity index (χ0v) is 18.1. The normalized spacial score (nSPS) is 11.5. The highest BCUT2D eigenvalue weighted by Gasteiger charge is 2.27. The maximum Gasteiger partial charge on any atom is 0.410 e. The summed E-state index contributed by atoms with van der Waals surface area (Å²) in [4.78, 5) is 47.8. The average Bonchev–Trinajstić information content (AvgIpc) is 2.66. The average molecular weight is 421 g/mol. The molecule has 0 spiro atoms. The van der Waals surface area contributed by atoms with Crippen molar-refractivity contribution in [1.29, 1.82) is 0 Å². The summed E-state index contributed by atoms with van der Waals surface area (Å²) in [6, 6.07) is 5.87. The molecule has 1 unspecified atom stereocenters. The lowest BCUT2D eigenvalue weighted by atomic mass is 10.00. The number of hydrogen-bond acceptors (Lipinski definition) is 5. The second kappa shape index (κ2) is 12.5. The van der Waals surface area contributed by atoms with Crippen molar-refractivity contribution >= 4 is 29.5 Å². The number of hydrogen-bond donors (Lipinski definition) is 3. The predicted molar refractivity (Wildman–Crippen MR) is 114 cm³/mol. The molecule has 0 fully saturated rings. The fourth-order valence-corrected chi connectivity index (χ4v) is 3.08. The van der Waals surface area contributed by atoms with Crippen LogP contribution in [0.25, 0.3) is 0 Å². The van der Waals surface area contributed by atoms with Crippen LogP contribution < -0.4 is 16.4 Å². The van der Waals surface area contributed by atoms with Gasteiger partial charge < -0.3 is 26.0 Å². The van der Waals surface area contributed by atoms with Gasteiger partial charge in [-0.05, 0) is 43.4 Å². The molecule has 0 aliphatic rings. The molecule has 1 aromatic rings. The number of ether oxygens (including phenoxy) is 1. The molecule has 0 aliphatic carbocycles. The van der Waals surface area contributed by atoms with E-state index < -0.39 is 18.2 Å². The summed E-state index contributed by atoms with van der Waals surface area (Å²) in [7, 11) is 1.55. The molecular weight excluding hydrogens is 388 g/mol. The summed E-state index contributed by atoms with van der Waals surface area (Å²) < 4.78 is 5.29. The van der Waals surface area contributed by atoms with E-state index >= 15 is 0 Å². The van der Waals surface area contributed by atoms with Crippen LogP contribution in [-0.2, 0) is 20.9 Å². The van der Waals surface area contributed by atoms with Crippen LogP contribution in [0.1, 0.15) is 45.6 Å². The molecule has 0 aliphatic heterocycles. The molecule has 9 nitrogen and oxygen atoms in total. The number of nitrogens with two attached hydrogens (primary N) is 1. The third-order valence-corrected chi connectivity index (χ3v) is 4.48. The molecule has 0 saturated heterocycles. The Morgan fingerprint density at radius 2 is 1.73 bits per heavy atom. The van der Waals surface area contributed by atoms with Gasteiger partial charge in [-0.2, -0.15) is 0 Å². The van der Waals surface area contributed by atoms with Crippen molar-refractivity contribution in [3.05, 3.63) is 29.8 Å². The van der Waals surface area contributed by atoms with Gasteiger partial charge >= 0.3 is 12.1 Å². The lowest BCUT2D eigenvalue weighted by molar-refractivity contribution is -0.122. The number of likely N-dealkylation sites (N-methyl/N-ethyl adjacent to an activating group) is 1. The van der Waals surface area contributed by atoms with Crippen LogP contribution in [0.3, 0.4) is 0 Å². The smallest absolute Gasteiger partial charge is 0.410 e. The van der Waals surface area contributed by atoms with Gasteiger partial charge in [-0.15, -0.1) is 0 Å². The molecule has 30 heavy (non-hydrogen) atoms. The number of rotatable bonds is 11. The molecule has 1 atom stereocenters. The van der Waals surface area contributed by atoms with E-state index in [0.717, 1.165) is 5.56 Å². The highest BCUT2D eigenvalue weighted by atomic mass is 16.6. The number of amides is 4. The number of anilines is 1. The number of Topliss-reactive ketones (excluding diaryl/α,β-unsaturated/α-hetero) is 1. The molecule has 9 heteroatoms. The van der Waals surface area contributed by atoms with Crippen molar-refractivity contribution in [2.24, 2.45) is 11.7 Å². The topological polar surface area (TPSA) is 131 Å². The Kier molecular flexibility index (Phi) is 10.4. The summed E-state index contributed by atoms with van der Waals surface area (Å²) in [5, 5.41) is 5.26. The van der Waals surface area contributed by atoms with Crippen LogP contribution in [0.2, 0.25) is 0 Å². The Labute approximate surface area is 177 Å². The first kappa shape index (κ1) is 24.9. The number of primary amides is 1. The number of unbranched alkanes of at least 4 members (excludes halogenated alkanes) is 1. The van der Waals surface area contributed by atoms with Gasteiger partial charge in [0, 0.05) is 25.7 Å². The van der Waals surface area contributed by atoms with Crippen LogP contribution >= 0.6 is 0 Å². The third kappa shape index (κ3) is 8.93. The van der Waals surface area contributed by atoms with Crippen LogP contribution in [0.4, 0.5) is 15.3 Å². The predicted octanol–water partition coefficient (Wildman–Crippen LogP) is 2.65. The number of nitrogens with zero attached hydrogens (tertiary/aromatic N) is 1. The van der Waals surface area contributed by atoms with Crippen molar-refractivity contribution in [2.75, 3.05) is 18.9 Å². The van der Waals surface area contributed by atoms with E-state index in [2.05, 4.69) is 10.6 Å². The zero-order chi connectivity index (χ0) is 22.7. The maximum absolute atomic E-state index is 12.2. The van der Waals surface area contributed by atoms with Gasteiger partial charge in [0.15, 0.2) is 5.78 Å². The van der Waals surface area contributed by atoms with E-state index in [1.54, 1.807) is 31.3 Å². The molecule has 0 bridgehead atoms. The Morgan fingerprint density at radius 1 is 1.10 bits per heavy atom. The molecule has 166 valence electrons. The largest absolute Gasteiger partial charge is 0.445 e. The first-order valence-electron chi connectivity index (χ1n) is 9.94. The highest BCUT2D eigenvalue weighted by molar-refractivity contribution is 5.90. The minimum Gasteiger partial charge on any atom is -0.445 e. The fraction of sp³-hybridized carbons (Fsp3) is 0.524. The summed E-state index contributed by atoms with van der Waals surface area (Å²) in [6.45, 7) is 5.71. The van der Waals surface area contributed by atoms with E-state index in [1.807, 2.05) is 13.8 Å². The number of urea groups is 1. The minimum absolute atomic E-state index is 0.0117. The Bertz CT molecular complexity index is 733. The minimum atomic E-state index is -0.574. The van der Waals surface area contributed by atoms with E-state index in [1.165, 1.54) is 11.8 Å². The quantitative estimate of drug-likeness (QED) is 0.474. The van der Waals surface area contributed by atoms with Crippen LogP contribution in [0.5, 0.6) is 0 Å². The molecule has 1 rings (SSSR count). The monoisotopic (exact) mass is 420 g/mol. The summed E-state index contributed by atoms with van der Waals surface area (Å²) in [5.41, 5.74) is 6.36. The van der Waals surface area contributed by atoms with Gasteiger partial charge in [0.2, 0.25) is 5.91 Å². The maximum atomic E-state index is 12.2. The van der Waals surface area contributed by atoms with Crippen molar-refractivity contribution < 1.29 is 23.9 Å². The van der Waals surface area contributed by atoms with Crippen LogP contribution in [0.15, 0.2) is 24.3 Å². The Balaban J connectivity index is 2.43. The molecule has 4 amide bonds. The van der Waals surface area contributed by atoms with Crippen molar-refractivity contribution in [2.45, 2.75) is 52.7 Å². The first-order valence-corrected chi connectivity index (χ1v) is 9.94. The molecule has 0 aromatic heterocycles. The van der Waals surface area contributed by atoms with Gasteiger partial charge in [-0.1, -0.05) is 26.0 Å². The fourth-order valence-electron chi connectivity index (χ4n) is 3.08. The van der Waals surface area contributed by atoms with Gasteiger partial charge in [-0.25, -0.2) is 9.59 Å². The van der Waals surface area contributed by atoms with Crippen LogP contribution in [-0.4, -0.2) is 48.3 Å². The highest BCUT2D eigenvalue weighted by Crippen LogP contribution is 2.14. The Hall–Kier alpha value is -3.10.